The van der Waals surface area contributed by atoms with Crippen molar-refractivity contribution in [2.75, 3.05) is 18.6 Å². The molecule has 2 heterocycles. The number of benzene rings is 2. The Kier molecular flexibility index (Phi) is 4.58. The number of carbonyl (C=O) groups excluding carboxylic acids is 1. The minimum absolute atomic E-state index is 0.00286. The van der Waals surface area contributed by atoms with E-state index in [9.17, 15) is 4.79 Å². The summed E-state index contributed by atoms with van der Waals surface area (Å²) < 4.78 is 10.9. The number of thiazole rings is 1. The van der Waals surface area contributed by atoms with Gasteiger partial charge < -0.3 is 14.4 Å². The Hall–Kier alpha value is -2.86. The normalized spacial score (nSPS) is 13.2. The van der Waals surface area contributed by atoms with Gasteiger partial charge in [-0.1, -0.05) is 11.3 Å². The molecular weight excluding hydrogens is 348 g/mol. The van der Waals surface area contributed by atoms with Crippen LogP contribution in [0, 0.1) is 0 Å². The first kappa shape index (κ1) is 16.6. The summed E-state index contributed by atoms with van der Waals surface area (Å²) in [7, 11) is 1.66. The van der Waals surface area contributed by atoms with Gasteiger partial charge in [0.25, 0.3) is 11.1 Å². The van der Waals surface area contributed by atoms with Gasteiger partial charge in [0, 0.05) is 29.4 Å². The van der Waals surface area contributed by atoms with Gasteiger partial charge in [0.1, 0.15) is 11.5 Å². The van der Waals surface area contributed by atoms with Crippen LogP contribution in [0.25, 0.3) is 0 Å². The number of methoxy groups -OCH3 is 1. The Balaban J connectivity index is 1.55. The highest BCUT2D eigenvalue weighted by atomic mass is 32.1. The zero-order valence-electron chi connectivity index (χ0n) is 14.3. The zero-order chi connectivity index (χ0) is 17.9. The molecule has 0 spiro atoms. The number of nitrogens with zero attached hydrogens (tertiary/aromatic N) is 2. The lowest BCUT2D eigenvalue weighted by Gasteiger charge is -2.30. The molecule has 1 aliphatic heterocycles. The van der Waals surface area contributed by atoms with Gasteiger partial charge in [0.15, 0.2) is 0 Å². The molecule has 1 amide bonds. The van der Waals surface area contributed by atoms with Crippen molar-refractivity contribution in [2.24, 2.45) is 0 Å². The maximum absolute atomic E-state index is 13.0. The van der Waals surface area contributed by atoms with Gasteiger partial charge >= 0.3 is 0 Å². The van der Waals surface area contributed by atoms with E-state index < -0.39 is 0 Å². The van der Waals surface area contributed by atoms with E-state index in [0.717, 1.165) is 36.4 Å². The van der Waals surface area contributed by atoms with Crippen LogP contribution in [0.3, 0.4) is 0 Å². The first-order valence-corrected chi connectivity index (χ1v) is 9.29. The van der Waals surface area contributed by atoms with Crippen molar-refractivity contribution in [1.82, 2.24) is 4.98 Å². The minimum Gasteiger partial charge on any atom is -0.497 e. The molecule has 2 aromatic carbocycles. The highest BCUT2D eigenvalue weighted by molar-refractivity contribution is 7.11. The van der Waals surface area contributed by atoms with E-state index in [1.165, 1.54) is 11.3 Å². The molecule has 6 heteroatoms. The predicted molar refractivity (Wildman–Crippen MR) is 102 cm³/mol. The van der Waals surface area contributed by atoms with Crippen LogP contribution in [0.1, 0.15) is 22.3 Å². The first-order valence-electron chi connectivity index (χ1n) is 8.41. The van der Waals surface area contributed by atoms with Crippen molar-refractivity contribution in [1.29, 1.82) is 0 Å². The van der Waals surface area contributed by atoms with Crippen LogP contribution in [0.2, 0.25) is 0 Å². The Bertz CT molecular complexity index is 907. The van der Waals surface area contributed by atoms with Crippen LogP contribution in [0.15, 0.2) is 54.0 Å². The molecule has 1 aromatic heterocycles. The zero-order valence-corrected chi connectivity index (χ0v) is 15.2. The topological polar surface area (TPSA) is 51.7 Å². The molecule has 3 aromatic rings. The van der Waals surface area contributed by atoms with E-state index in [1.807, 2.05) is 28.5 Å². The van der Waals surface area contributed by atoms with E-state index >= 15 is 0 Å². The molecule has 0 saturated heterocycles. The Morgan fingerprint density at radius 1 is 1.15 bits per heavy atom. The molecule has 0 unspecified atom stereocenters. The van der Waals surface area contributed by atoms with Gasteiger partial charge in [-0.05, 0) is 60.9 Å². The van der Waals surface area contributed by atoms with Crippen LogP contribution in [0.4, 0.5) is 5.69 Å². The number of hydrogen-bond donors (Lipinski definition) is 0. The minimum atomic E-state index is -0.00286. The Morgan fingerprint density at radius 2 is 1.96 bits per heavy atom. The molecule has 26 heavy (non-hydrogen) atoms. The molecule has 4 rings (SSSR count). The van der Waals surface area contributed by atoms with Crippen molar-refractivity contribution in [3.8, 4) is 16.7 Å². The second-order valence-corrected chi connectivity index (χ2v) is 6.84. The number of anilines is 1. The average molecular weight is 366 g/mol. The smallest absolute Gasteiger partial charge is 0.278 e. The lowest BCUT2D eigenvalue weighted by Crippen LogP contribution is -2.35. The standard InChI is InChI=1S/C20H18N2O3S/c1-24-17-8-9-18-15(13-17)3-2-11-22(18)19(23)14-4-6-16(7-5-14)25-20-21-10-12-26-20/h4-10,12-13H,2-3,11H2,1H3. The third-order valence-electron chi connectivity index (χ3n) is 4.37. The average Bonchev–Trinajstić information content (AvgIpc) is 3.20. The van der Waals surface area contributed by atoms with Crippen molar-refractivity contribution < 1.29 is 14.3 Å². The van der Waals surface area contributed by atoms with Crippen LogP contribution in [0.5, 0.6) is 16.7 Å². The molecule has 0 aliphatic carbocycles. The molecular formula is C20H18N2O3S. The van der Waals surface area contributed by atoms with Gasteiger partial charge in [-0.2, -0.15) is 0 Å². The number of fused-ring (bicyclic) bond motifs is 1. The van der Waals surface area contributed by atoms with Gasteiger partial charge in [0.2, 0.25) is 0 Å². The summed E-state index contributed by atoms with van der Waals surface area (Å²) in [4.78, 5) is 18.9. The second kappa shape index (κ2) is 7.17. The van der Waals surface area contributed by atoms with E-state index in [-0.39, 0.29) is 5.91 Å². The molecule has 0 saturated carbocycles. The number of aryl methyl sites for hydroxylation is 1. The number of carbonyl (C=O) groups is 1. The summed E-state index contributed by atoms with van der Waals surface area (Å²) in [6.07, 6.45) is 3.59. The van der Waals surface area contributed by atoms with E-state index in [4.69, 9.17) is 9.47 Å². The van der Waals surface area contributed by atoms with Gasteiger partial charge in [0.05, 0.1) is 7.11 Å². The molecule has 0 N–H and O–H groups in total. The number of amides is 1. The van der Waals surface area contributed by atoms with Gasteiger partial charge in [-0.3, -0.25) is 4.79 Å². The van der Waals surface area contributed by atoms with Crippen molar-refractivity contribution >= 4 is 22.9 Å². The lowest BCUT2D eigenvalue weighted by atomic mass is 10.0. The summed E-state index contributed by atoms with van der Waals surface area (Å²) in [6.45, 7) is 0.718. The van der Waals surface area contributed by atoms with Crippen LogP contribution in [-0.2, 0) is 6.42 Å². The third-order valence-corrected chi connectivity index (χ3v) is 5.01. The Labute approximate surface area is 155 Å². The number of aromatic nitrogens is 1. The monoisotopic (exact) mass is 366 g/mol. The molecule has 132 valence electrons. The highest BCUT2D eigenvalue weighted by Crippen LogP contribution is 2.32. The number of ether oxygens (including phenoxy) is 2. The summed E-state index contributed by atoms with van der Waals surface area (Å²) in [5.41, 5.74) is 2.75. The maximum atomic E-state index is 13.0. The highest BCUT2D eigenvalue weighted by Gasteiger charge is 2.24. The third kappa shape index (κ3) is 3.28. The van der Waals surface area contributed by atoms with Crippen molar-refractivity contribution in [2.45, 2.75) is 12.8 Å². The largest absolute Gasteiger partial charge is 0.497 e. The number of hydrogen-bond acceptors (Lipinski definition) is 5. The van der Waals surface area contributed by atoms with Gasteiger partial charge in [-0.15, -0.1) is 0 Å². The molecule has 0 fully saturated rings. The Morgan fingerprint density at radius 3 is 2.69 bits per heavy atom. The maximum Gasteiger partial charge on any atom is 0.278 e. The first-order chi connectivity index (χ1) is 12.7. The number of rotatable bonds is 4. The SMILES string of the molecule is COc1ccc2c(c1)CCCN2C(=O)c1ccc(Oc2nccs2)cc1. The molecule has 0 radical (unpaired) electrons. The fourth-order valence-corrected chi connectivity index (χ4v) is 3.60. The van der Waals surface area contributed by atoms with Gasteiger partial charge in [-0.25, -0.2) is 4.98 Å². The summed E-state index contributed by atoms with van der Waals surface area (Å²) in [5.74, 6) is 1.49. The summed E-state index contributed by atoms with van der Waals surface area (Å²) in [5, 5.41) is 2.44. The van der Waals surface area contributed by atoms with Crippen molar-refractivity contribution in [3.05, 3.63) is 65.2 Å². The lowest BCUT2D eigenvalue weighted by molar-refractivity contribution is 0.0985. The second-order valence-electron chi connectivity index (χ2n) is 5.98. The fourth-order valence-electron chi connectivity index (χ4n) is 3.09. The van der Waals surface area contributed by atoms with Crippen molar-refractivity contribution in [3.63, 3.8) is 0 Å². The van der Waals surface area contributed by atoms with E-state index in [1.54, 1.807) is 37.6 Å². The van der Waals surface area contributed by atoms with E-state index in [0.29, 0.717) is 16.5 Å². The summed E-state index contributed by atoms with van der Waals surface area (Å²) in [6, 6.07) is 13.1. The molecule has 0 atom stereocenters. The van der Waals surface area contributed by atoms with Crippen LogP contribution in [-0.4, -0.2) is 24.5 Å². The predicted octanol–water partition coefficient (Wildman–Crippen LogP) is 4.54. The molecule has 0 bridgehead atoms. The molecule has 1 aliphatic rings. The summed E-state index contributed by atoms with van der Waals surface area (Å²) >= 11 is 1.43. The van der Waals surface area contributed by atoms with Crippen LogP contribution >= 0.6 is 11.3 Å². The van der Waals surface area contributed by atoms with E-state index in [2.05, 4.69) is 4.98 Å². The fraction of sp³-hybridized carbons (Fsp3) is 0.200. The molecule has 5 nitrogen and oxygen atoms in total. The quantitative estimate of drug-likeness (QED) is 0.680. The van der Waals surface area contributed by atoms with Crippen LogP contribution < -0.4 is 14.4 Å².